The van der Waals surface area contributed by atoms with Gasteiger partial charge in [0.25, 0.3) is 0 Å². The van der Waals surface area contributed by atoms with Gasteiger partial charge < -0.3 is 4.84 Å². The summed E-state index contributed by atoms with van der Waals surface area (Å²) in [5.74, 6) is 5.01. The van der Waals surface area contributed by atoms with Crippen molar-refractivity contribution in [2.75, 3.05) is 6.61 Å². The van der Waals surface area contributed by atoms with E-state index in [1.165, 1.54) is 28.7 Å². The zero-order valence-electron chi connectivity index (χ0n) is 15.2. The van der Waals surface area contributed by atoms with Gasteiger partial charge in [-0.3, -0.25) is 0 Å². The van der Waals surface area contributed by atoms with Gasteiger partial charge in [-0.15, -0.1) is 0 Å². The van der Waals surface area contributed by atoms with Gasteiger partial charge in [-0.05, 0) is 73.1 Å². The third kappa shape index (κ3) is 13.8. The van der Waals surface area contributed by atoms with Gasteiger partial charge in [0.2, 0.25) is 0 Å². The maximum Gasteiger partial charge on any atom is 0.0863 e. The Morgan fingerprint density at radius 3 is 1.50 bits per heavy atom. The second kappa shape index (κ2) is 13.5. The molecule has 0 atom stereocenters. The molecule has 126 valence electrons. The summed E-state index contributed by atoms with van der Waals surface area (Å²) in [6, 6.07) is 0. The fraction of sp³-hybridized carbons (Fsp3) is 0.600. The van der Waals surface area contributed by atoms with Crippen LogP contribution in [-0.4, -0.2) is 6.61 Å². The largest absolute Gasteiger partial charge is 0.300 e. The van der Waals surface area contributed by atoms with Crippen LogP contribution in [0, 0.1) is 0 Å². The summed E-state index contributed by atoms with van der Waals surface area (Å²) in [7, 11) is 0. The van der Waals surface area contributed by atoms with Gasteiger partial charge in [-0.25, -0.2) is 5.90 Å². The minimum Gasteiger partial charge on any atom is -0.300 e. The summed E-state index contributed by atoms with van der Waals surface area (Å²) in [5, 5.41) is 0. The Morgan fingerprint density at radius 2 is 1.09 bits per heavy atom. The monoisotopic (exact) mass is 305 g/mol. The van der Waals surface area contributed by atoms with Crippen LogP contribution in [0.1, 0.15) is 73.1 Å². The van der Waals surface area contributed by atoms with Crippen LogP contribution < -0.4 is 5.90 Å². The van der Waals surface area contributed by atoms with Gasteiger partial charge in [0.15, 0.2) is 0 Å². The van der Waals surface area contributed by atoms with E-state index in [0.29, 0.717) is 6.61 Å². The van der Waals surface area contributed by atoms with E-state index in [2.05, 4.69) is 57.7 Å². The maximum absolute atomic E-state index is 5.01. The average molecular weight is 306 g/mol. The minimum atomic E-state index is 0.505. The van der Waals surface area contributed by atoms with E-state index in [1.54, 1.807) is 0 Å². The first-order valence-corrected chi connectivity index (χ1v) is 8.37. The van der Waals surface area contributed by atoms with Crippen molar-refractivity contribution in [3.63, 3.8) is 0 Å². The van der Waals surface area contributed by atoms with Crippen molar-refractivity contribution < 1.29 is 4.84 Å². The van der Waals surface area contributed by atoms with Gasteiger partial charge in [-0.2, -0.15) is 0 Å². The Kier molecular flexibility index (Phi) is 12.8. The standard InChI is InChI=1S/C20H35NO/c1-17(2)9-6-10-18(3)11-7-12-19(4)13-8-14-20(5)15-16-22-21/h9,11,13,15H,6-8,10,12,14,16,21H2,1-5H3/b18-11+,19-13+,20-15+. The molecule has 2 N–H and O–H groups in total. The number of nitrogens with two attached hydrogens (primary N) is 1. The molecule has 0 amide bonds. The molecule has 0 saturated heterocycles. The molecule has 0 aromatic rings. The topological polar surface area (TPSA) is 35.2 Å². The molecule has 0 heterocycles. The second-order valence-electron chi connectivity index (χ2n) is 6.38. The van der Waals surface area contributed by atoms with Crippen LogP contribution in [0.3, 0.4) is 0 Å². The van der Waals surface area contributed by atoms with Crippen LogP contribution in [0.15, 0.2) is 46.6 Å². The van der Waals surface area contributed by atoms with E-state index in [0.717, 1.165) is 32.1 Å². The second-order valence-corrected chi connectivity index (χ2v) is 6.38. The first-order valence-electron chi connectivity index (χ1n) is 8.37. The lowest BCUT2D eigenvalue weighted by Crippen LogP contribution is -1.98. The van der Waals surface area contributed by atoms with Crippen molar-refractivity contribution in [1.82, 2.24) is 0 Å². The molecule has 0 rings (SSSR count). The van der Waals surface area contributed by atoms with Gasteiger partial charge in [-0.1, -0.05) is 46.6 Å². The molecule has 22 heavy (non-hydrogen) atoms. The molecule has 0 aliphatic heterocycles. The van der Waals surface area contributed by atoms with Crippen molar-refractivity contribution in [2.45, 2.75) is 73.1 Å². The molecular weight excluding hydrogens is 270 g/mol. The van der Waals surface area contributed by atoms with Gasteiger partial charge in [0, 0.05) is 0 Å². The third-order valence-electron chi connectivity index (χ3n) is 3.68. The smallest absolute Gasteiger partial charge is 0.0863 e. The van der Waals surface area contributed by atoms with Gasteiger partial charge in [0.05, 0.1) is 6.61 Å². The Hall–Kier alpha value is -1.12. The fourth-order valence-corrected chi connectivity index (χ4v) is 2.18. The Bertz CT molecular complexity index is 409. The van der Waals surface area contributed by atoms with Crippen LogP contribution in [0.5, 0.6) is 0 Å². The van der Waals surface area contributed by atoms with Crippen LogP contribution in [0.4, 0.5) is 0 Å². The first kappa shape index (κ1) is 20.9. The lowest BCUT2D eigenvalue weighted by atomic mass is 10.0. The van der Waals surface area contributed by atoms with Crippen molar-refractivity contribution >= 4 is 0 Å². The summed E-state index contributed by atoms with van der Waals surface area (Å²) in [6.07, 6.45) is 15.9. The van der Waals surface area contributed by atoms with E-state index in [-0.39, 0.29) is 0 Å². The van der Waals surface area contributed by atoms with Crippen LogP contribution in [0.2, 0.25) is 0 Å². The minimum absolute atomic E-state index is 0.505. The highest BCUT2D eigenvalue weighted by molar-refractivity contribution is 5.07. The van der Waals surface area contributed by atoms with Crippen LogP contribution in [-0.2, 0) is 4.84 Å². The number of rotatable bonds is 11. The fourth-order valence-electron chi connectivity index (χ4n) is 2.18. The molecule has 0 spiro atoms. The van der Waals surface area contributed by atoms with Crippen molar-refractivity contribution in [2.24, 2.45) is 5.90 Å². The molecule has 0 radical (unpaired) electrons. The lowest BCUT2D eigenvalue weighted by Gasteiger charge is -2.02. The normalized spacial score (nSPS) is 13.5. The molecule has 0 unspecified atom stereocenters. The van der Waals surface area contributed by atoms with E-state index in [1.807, 2.05) is 6.08 Å². The summed E-state index contributed by atoms with van der Waals surface area (Å²) < 4.78 is 0. The van der Waals surface area contributed by atoms with Crippen molar-refractivity contribution in [3.05, 3.63) is 46.6 Å². The average Bonchev–Trinajstić information content (AvgIpc) is 2.44. The van der Waals surface area contributed by atoms with E-state index < -0.39 is 0 Å². The SMILES string of the molecule is CC(C)=CCC/C(C)=C/CC/C(C)=C/CC/C(C)=C/CON. The summed E-state index contributed by atoms with van der Waals surface area (Å²) in [5.41, 5.74) is 5.74. The lowest BCUT2D eigenvalue weighted by molar-refractivity contribution is 0.167. The van der Waals surface area contributed by atoms with Crippen molar-refractivity contribution in [1.29, 1.82) is 0 Å². The summed E-state index contributed by atoms with van der Waals surface area (Å²) in [6.45, 7) is 11.4. The quantitative estimate of drug-likeness (QED) is 0.374. The van der Waals surface area contributed by atoms with Crippen LogP contribution >= 0.6 is 0 Å². The molecule has 2 nitrogen and oxygen atoms in total. The maximum atomic E-state index is 5.01. The molecular formula is C20H35NO. The van der Waals surface area contributed by atoms with Crippen molar-refractivity contribution in [3.8, 4) is 0 Å². The zero-order chi connectivity index (χ0) is 16.8. The molecule has 0 aromatic heterocycles. The molecule has 0 fully saturated rings. The van der Waals surface area contributed by atoms with E-state index >= 15 is 0 Å². The predicted molar refractivity (Wildman–Crippen MR) is 98.5 cm³/mol. The highest BCUT2D eigenvalue weighted by atomic mass is 16.6. The van der Waals surface area contributed by atoms with Gasteiger partial charge >= 0.3 is 0 Å². The summed E-state index contributed by atoms with van der Waals surface area (Å²) in [4.78, 5) is 4.55. The molecule has 2 heteroatoms. The summed E-state index contributed by atoms with van der Waals surface area (Å²) >= 11 is 0. The highest BCUT2D eigenvalue weighted by Gasteiger charge is 1.93. The number of hydrogen-bond acceptors (Lipinski definition) is 2. The molecule has 0 saturated carbocycles. The Morgan fingerprint density at radius 1 is 0.682 bits per heavy atom. The molecule has 0 bridgehead atoms. The number of hydrogen-bond donors (Lipinski definition) is 1. The highest BCUT2D eigenvalue weighted by Crippen LogP contribution is 2.13. The van der Waals surface area contributed by atoms with E-state index in [9.17, 15) is 0 Å². The van der Waals surface area contributed by atoms with Gasteiger partial charge in [0.1, 0.15) is 0 Å². The molecule has 0 aliphatic rings. The Labute approximate surface area is 137 Å². The first-order chi connectivity index (χ1) is 10.5. The Balaban J connectivity index is 3.94. The van der Waals surface area contributed by atoms with E-state index in [4.69, 9.17) is 5.90 Å². The predicted octanol–water partition coefficient (Wildman–Crippen LogP) is 6.02. The number of allylic oxidation sites excluding steroid dienone is 7. The van der Waals surface area contributed by atoms with Crippen LogP contribution in [0.25, 0.3) is 0 Å². The third-order valence-corrected chi connectivity index (χ3v) is 3.68. The zero-order valence-corrected chi connectivity index (χ0v) is 15.2. The molecule has 0 aliphatic carbocycles. The molecule has 0 aromatic carbocycles.